The number of rotatable bonds is 28. The van der Waals surface area contributed by atoms with Gasteiger partial charge in [0.2, 0.25) is 23.5 Å². The Bertz CT molecular complexity index is 5020. The van der Waals surface area contributed by atoms with Crippen molar-refractivity contribution in [1.29, 1.82) is 0 Å². The standard InChI is InChI=1S/C92H125N17O18/c1-56-17-10-9-11-18-57(2)75(120-7)49-68-26-22-61(6)92(119,127-68)85(116)88(117)108-32-14-12-21-71(108)89(118)125-76(50-72(110)58(3)44-60(5)83(114)84(115)82(113)59(4)43-56)69(93)46-62-23-27-74(77(47-62)121-8)124-54-63-19-16-20-64(45-63)66-51-97-91(98-52-66)106-36-34-105(35-37-106)79(112)29-25-67-53-107(104-102-67)38-40-123-42-41-122-39-30-78(111)96-31-13-15-33-109-87-80(86(94)99-55-100-87)81(103-109)65-24-28-73-70(48-65)101-90(95)126-73/h9-11,16-20,24,28,44-45,48,51-53,55-56,58-59,61-62,68-69,71,74-77,83-84,114-115,119H,12-15,21-23,25-27,29-43,46-47,49-50,54,93H2,1-8H3,(H2,95,101)(H,96,111)(H2,94,99,100)/b11-9?,17-10+,57-18?,60-44+/t56-,58-,59-,61-,62+,68+,69-,71+,74-,75+,76+,77-,83-,84+,92-/m1/s1. The number of ether oxygens (including phenoxy) is 7. The first kappa shape index (κ1) is 95.6. The predicted octanol–water partition coefficient (Wildman–Crippen LogP) is 7.90. The number of aliphatic hydroxyl groups is 3. The SMILES string of the molecule is CO[C@H]1C[C@@H]2CC[C@@H](C)[C@@](O)(O2)C(=O)C(=O)N2CCCC[C@H]2C(=O)O[C@H]([C@H](N)C[C@@H]2CC[C@@H](OCc3cccc(-c4cnc(N5CCN(C(=O)CCc6cn(CCOCCOCCC(=O)NCCCCn7nc(-c8ccc9oc(N)nc9c8)c8c(N)ncnc87)nn6)CC5)nc4)c3)[C@H](OC)C2)CC(=O)[C@H](C)/C=C(\C)[C@@H](O)[C@@H](O)C(=O)[C@H](C)C[C@H](C)/C=C/C=CC=C1C. The van der Waals surface area contributed by atoms with Gasteiger partial charge in [-0.2, -0.15) is 10.1 Å². The van der Waals surface area contributed by atoms with Crippen molar-refractivity contribution >= 4 is 81.0 Å². The molecule has 35 nitrogen and oxygen atoms in total. The Kier molecular flexibility index (Phi) is 34.3. The van der Waals surface area contributed by atoms with Crippen molar-refractivity contribution in [1.82, 2.24) is 64.8 Å². The molecule has 686 valence electrons. The van der Waals surface area contributed by atoms with Gasteiger partial charge in [-0.15, -0.1) is 5.10 Å². The van der Waals surface area contributed by atoms with Crippen molar-refractivity contribution in [3.05, 3.63) is 126 Å². The number of piperidine rings is 1. The number of aryl methyl sites for hydroxylation is 2. The van der Waals surface area contributed by atoms with Gasteiger partial charge in [-0.25, -0.2) is 34.1 Å². The van der Waals surface area contributed by atoms with E-state index in [9.17, 15) is 48.9 Å². The number of esters is 1. The van der Waals surface area contributed by atoms with E-state index in [-0.39, 0.29) is 99.3 Å². The number of carbonyl (C=O) groups excluding carboxylic acids is 7. The summed E-state index contributed by atoms with van der Waals surface area (Å²) in [4.78, 5) is 125. The van der Waals surface area contributed by atoms with Gasteiger partial charge in [-0.3, -0.25) is 28.8 Å². The number of benzene rings is 2. The molecule has 5 aromatic heterocycles. The summed E-state index contributed by atoms with van der Waals surface area (Å²) in [6.45, 7) is 15.6. The number of methoxy groups -OCH3 is 2. The molecule has 127 heavy (non-hydrogen) atoms. The highest BCUT2D eigenvalue weighted by atomic mass is 16.6. The lowest BCUT2D eigenvalue weighted by molar-refractivity contribution is -0.265. The van der Waals surface area contributed by atoms with Crippen LogP contribution in [-0.4, -0.2) is 256 Å². The molecule has 4 fully saturated rings. The van der Waals surface area contributed by atoms with E-state index in [2.05, 4.69) is 35.5 Å². The summed E-state index contributed by atoms with van der Waals surface area (Å²) in [5.74, 6) is -8.26. The lowest BCUT2D eigenvalue weighted by Crippen LogP contribution is -2.61. The molecule has 4 aliphatic heterocycles. The normalized spacial score (nSPS) is 26.5. The van der Waals surface area contributed by atoms with Gasteiger partial charge in [-0.05, 0) is 149 Å². The number of unbranched alkanes of at least 4 members (excludes halogenated alkanes) is 1. The molecule has 15 atom stereocenters. The van der Waals surface area contributed by atoms with E-state index in [1.807, 2.05) is 91.7 Å². The van der Waals surface area contributed by atoms with Crippen molar-refractivity contribution in [2.24, 2.45) is 35.3 Å². The third kappa shape index (κ3) is 25.3. The summed E-state index contributed by atoms with van der Waals surface area (Å²) >= 11 is 0. The number of ketones is 3. The average molecular weight is 1760 g/mol. The number of Topliss-reactive ketones (excluding diaryl/α,β-unsaturated/α-hetero) is 3. The number of oxazole rings is 1. The fourth-order valence-electron chi connectivity index (χ4n) is 17.5. The van der Waals surface area contributed by atoms with Crippen molar-refractivity contribution in [3.63, 3.8) is 0 Å². The monoisotopic (exact) mass is 1760 g/mol. The number of nitrogens with two attached hydrogens (primary N) is 3. The van der Waals surface area contributed by atoms with Crippen LogP contribution in [0.4, 0.5) is 17.8 Å². The number of aromatic nitrogens is 10. The van der Waals surface area contributed by atoms with Crippen molar-refractivity contribution < 1.29 is 86.5 Å². The van der Waals surface area contributed by atoms with Crippen LogP contribution in [0.2, 0.25) is 0 Å². The average Bonchev–Trinajstić information content (AvgIpc) is 1.71. The molecule has 0 spiro atoms. The Labute approximate surface area is 740 Å². The number of anilines is 3. The molecule has 2 aromatic carbocycles. The van der Waals surface area contributed by atoms with Crippen molar-refractivity contribution in [3.8, 4) is 22.4 Å². The molecule has 1 aliphatic carbocycles. The Balaban J connectivity index is 0.562. The van der Waals surface area contributed by atoms with E-state index >= 15 is 0 Å². The van der Waals surface area contributed by atoms with Crippen LogP contribution < -0.4 is 27.4 Å². The minimum atomic E-state index is -2.50. The van der Waals surface area contributed by atoms with Crippen LogP contribution in [-0.2, 0) is 92.8 Å². The summed E-state index contributed by atoms with van der Waals surface area (Å²) in [6, 6.07) is 11.3. The predicted molar refractivity (Wildman–Crippen MR) is 472 cm³/mol. The minimum Gasteiger partial charge on any atom is -0.459 e. The molecule has 7 aromatic rings. The first-order chi connectivity index (χ1) is 61.1. The molecule has 2 bridgehead atoms. The van der Waals surface area contributed by atoms with Gasteiger partial charge < -0.3 is 90.1 Å². The molecule has 3 saturated heterocycles. The molecule has 5 aliphatic rings. The number of allylic oxidation sites excluding steroid dienone is 6. The molecular weight excluding hydrogens is 1630 g/mol. The quantitative estimate of drug-likeness (QED) is 0.0106. The molecule has 35 heteroatoms. The van der Waals surface area contributed by atoms with Gasteiger partial charge in [0, 0.05) is 146 Å². The third-order valence-corrected chi connectivity index (χ3v) is 25.1. The topological polar surface area (TPSA) is 471 Å². The summed E-state index contributed by atoms with van der Waals surface area (Å²) in [6.07, 6.45) is 17.9. The zero-order valence-electron chi connectivity index (χ0n) is 74.1. The minimum absolute atomic E-state index is 0.0134. The second kappa shape index (κ2) is 45.5. The van der Waals surface area contributed by atoms with E-state index < -0.39 is 95.4 Å². The van der Waals surface area contributed by atoms with Gasteiger partial charge >= 0.3 is 5.97 Å². The van der Waals surface area contributed by atoms with Crippen LogP contribution in [0.1, 0.15) is 156 Å². The summed E-state index contributed by atoms with van der Waals surface area (Å²) < 4.78 is 51.5. The van der Waals surface area contributed by atoms with E-state index in [0.29, 0.717) is 182 Å². The van der Waals surface area contributed by atoms with Crippen LogP contribution >= 0.6 is 0 Å². The van der Waals surface area contributed by atoms with Crippen LogP contribution in [0, 0.1) is 29.6 Å². The fourth-order valence-corrected chi connectivity index (χ4v) is 17.5. The summed E-state index contributed by atoms with van der Waals surface area (Å²) in [5.41, 5.74) is 26.7. The number of piperazine rings is 1. The first-order valence-electron chi connectivity index (χ1n) is 44.6. The molecule has 12 rings (SSSR count). The number of cyclic esters (lactones) is 1. The third-order valence-electron chi connectivity index (χ3n) is 25.1. The number of nitrogens with zero attached hydrogens (tertiary/aromatic N) is 13. The van der Waals surface area contributed by atoms with Crippen LogP contribution in [0.3, 0.4) is 0 Å². The van der Waals surface area contributed by atoms with Gasteiger partial charge in [0.05, 0.1) is 75.1 Å². The molecule has 0 unspecified atom stereocenters. The molecule has 3 amide bonds. The maximum Gasteiger partial charge on any atom is 0.329 e. The second-order valence-corrected chi connectivity index (χ2v) is 34.5. The summed E-state index contributed by atoms with van der Waals surface area (Å²) in [7, 11) is 3.19. The van der Waals surface area contributed by atoms with Gasteiger partial charge in [0.15, 0.2) is 17.0 Å². The number of nitrogens with one attached hydrogen (secondary N) is 1. The van der Waals surface area contributed by atoms with Crippen LogP contribution in [0.5, 0.6) is 0 Å². The van der Waals surface area contributed by atoms with Gasteiger partial charge in [-0.1, -0.05) is 87.6 Å². The highest BCUT2D eigenvalue weighted by Crippen LogP contribution is 2.39. The zero-order chi connectivity index (χ0) is 90.4. The molecular formula is C92H125N17O18. The fraction of sp³-hybridized carbons (Fsp3) is 0.576. The Morgan fingerprint density at radius 2 is 1.56 bits per heavy atom. The lowest BCUT2D eigenvalue weighted by atomic mass is 9.80. The van der Waals surface area contributed by atoms with Crippen molar-refractivity contribution in [2.75, 3.05) is 96.3 Å². The number of amides is 3. The van der Waals surface area contributed by atoms with Crippen LogP contribution in [0.25, 0.3) is 44.5 Å². The van der Waals surface area contributed by atoms with Gasteiger partial charge in [0.25, 0.3) is 17.7 Å². The Morgan fingerprint density at radius 3 is 2.34 bits per heavy atom. The number of aliphatic hydroxyl groups excluding tert-OH is 2. The molecule has 9 heterocycles. The maximum atomic E-state index is 14.8. The van der Waals surface area contributed by atoms with E-state index in [1.54, 1.807) is 62.8 Å². The highest BCUT2D eigenvalue weighted by Gasteiger charge is 2.53. The second-order valence-electron chi connectivity index (χ2n) is 34.5. The number of fused-ring (bicyclic) bond motifs is 5. The summed E-state index contributed by atoms with van der Waals surface area (Å²) in [5, 5.41) is 51.7. The number of hydrogen-bond donors (Lipinski definition) is 7. The molecule has 10 N–H and O–H groups in total. The number of nitrogen functional groups attached to an aromatic ring is 2. The highest BCUT2D eigenvalue weighted by molar-refractivity contribution is 6.39. The van der Waals surface area contributed by atoms with E-state index in [0.717, 1.165) is 39.1 Å². The van der Waals surface area contributed by atoms with E-state index in [1.165, 1.54) is 19.3 Å². The number of hydrogen-bond acceptors (Lipinski definition) is 30. The van der Waals surface area contributed by atoms with Crippen molar-refractivity contribution in [2.45, 2.75) is 231 Å². The zero-order valence-corrected chi connectivity index (χ0v) is 74.1. The maximum absolute atomic E-state index is 14.8. The largest absolute Gasteiger partial charge is 0.459 e. The molecule has 0 radical (unpaired) electrons. The Morgan fingerprint density at radius 1 is 0.772 bits per heavy atom. The van der Waals surface area contributed by atoms with E-state index in [4.69, 9.17) is 69.8 Å². The lowest BCUT2D eigenvalue weighted by Gasteiger charge is -2.42. The van der Waals surface area contributed by atoms with Crippen LogP contribution in [0.15, 0.2) is 119 Å². The number of carbonyl (C=O) groups is 7. The Hall–Kier alpha value is -10.5. The molecule has 1 saturated carbocycles. The smallest absolute Gasteiger partial charge is 0.329 e. The van der Waals surface area contributed by atoms with Gasteiger partial charge in [0.1, 0.15) is 53.5 Å². The first-order valence-corrected chi connectivity index (χ1v) is 44.6.